The Hall–Kier alpha value is -0.100. The van der Waals surface area contributed by atoms with Crippen molar-refractivity contribution in [3.8, 4) is 0 Å². The zero-order chi connectivity index (χ0) is 20.0. The fraction of sp³-hybridized carbons (Fsp3) is 0.864. The van der Waals surface area contributed by atoms with Crippen LogP contribution in [0.4, 0.5) is 0 Å². The van der Waals surface area contributed by atoms with Crippen LogP contribution in [0.2, 0.25) is 0 Å². The van der Waals surface area contributed by atoms with Gasteiger partial charge in [-0.05, 0) is 32.1 Å². The molecule has 0 fully saturated rings. The first-order chi connectivity index (χ1) is 13.2. The van der Waals surface area contributed by atoms with Crippen LogP contribution in [0.3, 0.4) is 0 Å². The molecule has 1 unspecified atom stereocenters. The second-order valence-corrected chi connectivity index (χ2v) is 8.75. The molecule has 0 aliphatic heterocycles. The maximum atomic E-state index is 9.29. The summed E-state index contributed by atoms with van der Waals surface area (Å²) in [7, 11) is 0. The highest BCUT2D eigenvalue weighted by Crippen LogP contribution is 2.11. The van der Waals surface area contributed by atoms with Crippen molar-refractivity contribution >= 4 is 29.2 Å². The van der Waals surface area contributed by atoms with Crippen LogP contribution in [-0.2, 0) is 0 Å². The third-order valence-corrected chi connectivity index (χ3v) is 5.86. The van der Waals surface area contributed by atoms with E-state index in [0.717, 1.165) is 5.75 Å². The van der Waals surface area contributed by atoms with Gasteiger partial charge < -0.3 is 14.9 Å². The van der Waals surface area contributed by atoms with Crippen molar-refractivity contribution in [1.82, 2.24) is 4.72 Å². The number of aliphatic hydroxyl groups excluding tert-OH is 2. The molecule has 0 heterocycles. The second kappa shape index (κ2) is 22.2. The van der Waals surface area contributed by atoms with Crippen molar-refractivity contribution in [2.24, 2.45) is 0 Å². The van der Waals surface area contributed by atoms with Crippen LogP contribution >= 0.6 is 24.2 Å². The zero-order valence-electron chi connectivity index (χ0n) is 17.5. The summed E-state index contributed by atoms with van der Waals surface area (Å²) >= 11 is 6.71. The van der Waals surface area contributed by atoms with Crippen LogP contribution in [0.1, 0.15) is 103 Å². The Morgan fingerprint density at radius 2 is 1.41 bits per heavy atom. The van der Waals surface area contributed by atoms with Gasteiger partial charge in [0.2, 0.25) is 0 Å². The van der Waals surface area contributed by atoms with Gasteiger partial charge >= 0.3 is 0 Å². The highest BCUT2D eigenvalue weighted by Gasteiger charge is 2.05. The van der Waals surface area contributed by atoms with E-state index in [9.17, 15) is 5.11 Å². The number of hydrogen-bond donors (Lipinski definition) is 3. The van der Waals surface area contributed by atoms with E-state index in [1.807, 2.05) is 0 Å². The first-order valence-electron chi connectivity index (χ1n) is 11.0. The summed E-state index contributed by atoms with van der Waals surface area (Å²) in [6, 6.07) is 0. The molecule has 0 rings (SSSR count). The molecule has 0 saturated heterocycles. The molecule has 0 aromatic carbocycles. The quantitative estimate of drug-likeness (QED) is 0.0935. The Bertz CT molecular complexity index is 351. The van der Waals surface area contributed by atoms with Crippen LogP contribution in [0, 0.1) is 0 Å². The number of allylic oxidation sites excluding steroid dienone is 2. The molecule has 0 spiro atoms. The lowest BCUT2D eigenvalue weighted by Crippen LogP contribution is -2.23. The first kappa shape index (κ1) is 26.9. The van der Waals surface area contributed by atoms with Crippen molar-refractivity contribution in [1.29, 1.82) is 0 Å². The van der Waals surface area contributed by atoms with E-state index in [4.69, 9.17) is 17.3 Å². The Morgan fingerprint density at radius 3 is 1.96 bits per heavy atom. The van der Waals surface area contributed by atoms with Gasteiger partial charge in [-0.1, -0.05) is 101 Å². The molecule has 0 aliphatic carbocycles. The fourth-order valence-electron chi connectivity index (χ4n) is 2.87. The summed E-state index contributed by atoms with van der Waals surface area (Å²) in [6.45, 7) is 2.04. The van der Waals surface area contributed by atoms with Gasteiger partial charge in [0.25, 0.3) is 0 Å². The van der Waals surface area contributed by atoms with Gasteiger partial charge in [0.05, 0.1) is 17.7 Å². The molecule has 27 heavy (non-hydrogen) atoms. The van der Waals surface area contributed by atoms with Gasteiger partial charge in [-0.2, -0.15) is 0 Å². The van der Waals surface area contributed by atoms with Crippen molar-refractivity contribution < 1.29 is 10.2 Å². The fourth-order valence-corrected chi connectivity index (χ4v) is 3.94. The Morgan fingerprint density at radius 1 is 0.889 bits per heavy atom. The van der Waals surface area contributed by atoms with Gasteiger partial charge in [-0.3, -0.25) is 0 Å². The van der Waals surface area contributed by atoms with Crippen molar-refractivity contribution in [2.45, 2.75) is 109 Å². The summed E-state index contributed by atoms with van der Waals surface area (Å²) < 4.78 is 3.07. The smallest absolute Gasteiger partial charge is 0.0878 e. The minimum atomic E-state index is -0.740. The maximum absolute atomic E-state index is 9.29. The van der Waals surface area contributed by atoms with Gasteiger partial charge in [0.15, 0.2) is 0 Å². The second-order valence-electron chi connectivity index (χ2n) is 7.35. The number of aliphatic hydroxyl groups is 2. The average Bonchev–Trinajstić information content (AvgIpc) is 2.66. The highest BCUT2D eigenvalue weighted by molar-refractivity contribution is 7.98. The lowest BCUT2D eigenvalue weighted by Gasteiger charge is -2.09. The number of unbranched alkanes of at least 4 members (excludes halogenated alkanes) is 12. The molecular weight excluding hydrogens is 374 g/mol. The van der Waals surface area contributed by atoms with E-state index in [-0.39, 0.29) is 6.61 Å². The number of thiocarbonyl (C=S) groups is 1. The summed E-state index contributed by atoms with van der Waals surface area (Å²) in [6.07, 6.45) is 23.0. The van der Waals surface area contributed by atoms with Crippen LogP contribution in [0.15, 0.2) is 12.2 Å². The Kier molecular flexibility index (Phi) is 22.1. The van der Waals surface area contributed by atoms with Gasteiger partial charge in [-0.25, -0.2) is 0 Å². The van der Waals surface area contributed by atoms with Crippen molar-refractivity contribution in [2.75, 3.05) is 12.4 Å². The number of rotatable bonds is 20. The van der Waals surface area contributed by atoms with E-state index in [2.05, 4.69) is 23.8 Å². The standard InChI is InChI=1S/C22H43NO2S2/c1-2-3-4-5-6-7-8-9-10-11-12-13-14-15-16-17-18-27-23-22(26)19-21(25)20-24/h9-10,21,24-25H,2-8,11-20H2,1H3,(H,23,26). The monoisotopic (exact) mass is 417 g/mol. The number of nitrogens with one attached hydrogen (secondary N) is 1. The van der Waals surface area contributed by atoms with E-state index >= 15 is 0 Å². The van der Waals surface area contributed by atoms with Crippen LogP contribution in [0.25, 0.3) is 0 Å². The van der Waals surface area contributed by atoms with E-state index in [1.54, 1.807) is 11.9 Å². The van der Waals surface area contributed by atoms with Crippen molar-refractivity contribution in [3.05, 3.63) is 12.2 Å². The maximum Gasteiger partial charge on any atom is 0.0878 e. The molecule has 160 valence electrons. The predicted octanol–water partition coefficient (Wildman–Crippen LogP) is 6.33. The summed E-state index contributed by atoms with van der Waals surface area (Å²) in [5.41, 5.74) is 0. The van der Waals surface area contributed by atoms with Gasteiger partial charge in [0.1, 0.15) is 0 Å². The van der Waals surface area contributed by atoms with Crippen LogP contribution in [-0.4, -0.2) is 33.7 Å². The largest absolute Gasteiger partial charge is 0.394 e. The van der Waals surface area contributed by atoms with E-state index in [0.29, 0.717) is 11.4 Å². The van der Waals surface area contributed by atoms with Crippen LogP contribution < -0.4 is 4.72 Å². The molecule has 1 atom stereocenters. The Balaban J connectivity index is 3.18. The molecule has 3 nitrogen and oxygen atoms in total. The van der Waals surface area contributed by atoms with Crippen LogP contribution in [0.5, 0.6) is 0 Å². The molecule has 0 amide bonds. The lowest BCUT2D eigenvalue weighted by molar-refractivity contribution is 0.101. The first-order valence-corrected chi connectivity index (χ1v) is 12.4. The van der Waals surface area contributed by atoms with Crippen molar-refractivity contribution in [3.63, 3.8) is 0 Å². The number of hydrogen-bond acceptors (Lipinski definition) is 4. The minimum Gasteiger partial charge on any atom is -0.394 e. The molecule has 0 radical (unpaired) electrons. The third-order valence-electron chi connectivity index (χ3n) is 4.58. The predicted molar refractivity (Wildman–Crippen MR) is 125 cm³/mol. The van der Waals surface area contributed by atoms with E-state index < -0.39 is 6.10 Å². The molecule has 0 bridgehead atoms. The molecule has 3 N–H and O–H groups in total. The molecular formula is C22H43NO2S2. The Labute approximate surface area is 177 Å². The topological polar surface area (TPSA) is 52.5 Å². The third kappa shape index (κ3) is 22.1. The van der Waals surface area contributed by atoms with Gasteiger partial charge in [0, 0.05) is 12.2 Å². The molecule has 5 heteroatoms. The lowest BCUT2D eigenvalue weighted by atomic mass is 10.1. The molecule has 0 saturated carbocycles. The summed E-state index contributed by atoms with van der Waals surface area (Å²) in [5.74, 6) is 1.04. The zero-order valence-corrected chi connectivity index (χ0v) is 19.1. The minimum absolute atomic E-state index is 0.235. The summed E-state index contributed by atoms with van der Waals surface area (Å²) in [4.78, 5) is 0.617. The molecule has 0 aromatic rings. The summed E-state index contributed by atoms with van der Waals surface area (Å²) in [5, 5.41) is 18.1. The molecule has 0 aliphatic rings. The molecule has 0 aromatic heterocycles. The highest BCUT2D eigenvalue weighted by atomic mass is 32.2. The van der Waals surface area contributed by atoms with Gasteiger partial charge in [-0.15, -0.1) is 0 Å². The van der Waals surface area contributed by atoms with E-state index in [1.165, 1.54) is 89.9 Å². The SMILES string of the molecule is CCCCCCCCC=CCCCCCCCCSNC(=S)CC(O)CO. The normalized spacial score (nSPS) is 12.6. The average molecular weight is 418 g/mol.